The monoisotopic (exact) mass is 285 g/mol. The number of carbonyl (C=O) groups is 1. The molecule has 21 heavy (non-hydrogen) atoms. The molecule has 0 fully saturated rings. The number of nitriles is 1. The quantitative estimate of drug-likeness (QED) is 0.792. The smallest absolute Gasteiger partial charge is 0.203 e. The summed E-state index contributed by atoms with van der Waals surface area (Å²) in [6.45, 7) is -0.244. The fraction of sp³-hybridized carbons (Fsp3) is 0.125. The number of hydrogen-bond acceptors (Lipinski definition) is 4. The first-order valence-corrected chi connectivity index (χ1v) is 6.14. The first kappa shape index (κ1) is 14.5. The Morgan fingerprint density at radius 1 is 1.29 bits per heavy atom. The molecule has 5 heteroatoms. The fourth-order valence-electron chi connectivity index (χ4n) is 1.78. The van der Waals surface area contributed by atoms with Crippen LogP contribution in [-0.4, -0.2) is 19.5 Å². The third-order valence-corrected chi connectivity index (χ3v) is 2.84. The Balaban J connectivity index is 2.08. The lowest BCUT2D eigenvalue weighted by atomic mass is 10.1. The molecular weight excluding hydrogens is 273 g/mol. The zero-order valence-corrected chi connectivity index (χ0v) is 11.3. The minimum atomic E-state index is -0.681. The second-order valence-electron chi connectivity index (χ2n) is 4.17. The van der Waals surface area contributed by atoms with Crippen molar-refractivity contribution >= 4 is 5.78 Å². The van der Waals surface area contributed by atoms with Crippen molar-refractivity contribution in [3.8, 4) is 17.6 Å². The molecule has 0 aliphatic heterocycles. The second-order valence-corrected chi connectivity index (χ2v) is 4.17. The van der Waals surface area contributed by atoms with Crippen molar-refractivity contribution < 1.29 is 18.7 Å². The van der Waals surface area contributed by atoms with Crippen LogP contribution in [0.1, 0.15) is 15.9 Å². The number of methoxy groups -OCH3 is 1. The average molecular weight is 285 g/mol. The van der Waals surface area contributed by atoms with Gasteiger partial charge in [-0.25, -0.2) is 4.39 Å². The van der Waals surface area contributed by atoms with Crippen molar-refractivity contribution in [2.75, 3.05) is 13.7 Å². The van der Waals surface area contributed by atoms with Gasteiger partial charge in [-0.15, -0.1) is 0 Å². The summed E-state index contributed by atoms with van der Waals surface area (Å²) >= 11 is 0. The highest BCUT2D eigenvalue weighted by atomic mass is 19.1. The van der Waals surface area contributed by atoms with Gasteiger partial charge in [-0.1, -0.05) is 12.1 Å². The highest BCUT2D eigenvalue weighted by molar-refractivity contribution is 5.99. The lowest BCUT2D eigenvalue weighted by Crippen LogP contribution is -2.12. The van der Waals surface area contributed by atoms with Crippen LogP contribution in [0.15, 0.2) is 42.5 Å². The maximum atomic E-state index is 13.4. The summed E-state index contributed by atoms with van der Waals surface area (Å²) in [6, 6.07) is 12.3. The number of ketones is 1. The highest BCUT2D eigenvalue weighted by Crippen LogP contribution is 2.19. The van der Waals surface area contributed by atoms with Crippen molar-refractivity contribution in [1.82, 2.24) is 0 Å². The van der Waals surface area contributed by atoms with Gasteiger partial charge < -0.3 is 9.47 Å². The number of Topliss-reactive ketones (excluding diaryl/α,β-unsaturated/α-hetero) is 1. The van der Waals surface area contributed by atoms with Crippen molar-refractivity contribution in [3.63, 3.8) is 0 Å². The molecule has 0 heterocycles. The number of ether oxygens (including phenoxy) is 2. The lowest BCUT2D eigenvalue weighted by Gasteiger charge is -2.09. The van der Waals surface area contributed by atoms with Gasteiger partial charge in [0.15, 0.2) is 6.61 Å². The first-order chi connectivity index (χ1) is 10.2. The molecule has 2 rings (SSSR count). The molecule has 0 atom stereocenters. The molecule has 2 aromatic rings. The van der Waals surface area contributed by atoms with Gasteiger partial charge in [-0.3, -0.25) is 4.79 Å². The average Bonchev–Trinajstić information content (AvgIpc) is 2.52. The van der Waals surface area contributed by atoms with Crippen LogP contribution < -0.4 is 9.47 Å². The Hall–Kier alpha value is -2.87. The molecule has 4 nitrogen and oxygen atoms in total. The Kier molecular flexibility index (Phi) is 4.52. The molecule has 0 aliphatic rings. The molecule has 0 aromatic heterocycles. The highest BCUT2D eigenvalue weighted by Gasteiger charge is 2.12. The van der Waals surface area contributed by atoms with E-state index in [1.165, 1.54) is 19.2 Å². The van der Waals surface area contributed by atoms with E-state index in [0.29, 0.717) is 11.3 Å². The van der Waals surface area contributed by atoms with Crippen LogP contribution in [0.25, 0.3) is 0 Å². The molecule has 0 aliphatic carbocycles. The molecule has 0 amide bonds. The van der Waals surface area contributed by atoms with Crippen LogP contribution in [0.4, 0.5) is 4.39 Å². The molecule has 0 bridgehead atoms. The Bertz CT molecular complexity index is 707. The van der Waals surface area contributed by atoms with E-state index < -0.39 is 5.82 Å². The van der Waals surface area contributed by atoms with Crippen molar-refractivity contribution in [2.24, 2.45) is 0 Å². The van der Waals surface area contributed by atoms with E-state index in [-0.39, 0.29) is 23.7 Å². The Morgan fingerprint density at radius 3 is 2.71 bits per heavy atom. The van der Waals surface area contributed by atoms with Gasteiger partial charge in [0, 0.05) is 6.07 Å². The normalized spacial score (nSPS) is 9.76. The van der Waals surface area contributed by atoms with Crippen LogP contribution in [-0.2, 0) is 0 Å². The molecule has 0 saturated heterocycles. The second kappa shape index (κ2) is 6.53. The minimum Gasteiger partial charge on any atom is -0.496 e. The molecule has 106 valence electrons. The van der Waals surface area contributed by atoms with E-state index in [4.69, 9.17) is 14.7 Å². The topological polar surface area (TPSA) is 59.3 Å². The summed E-state index contributed by atoms with van der Waals surface area (Å²) in [5, 5.41) is 8.63. The third kappa shape index (κ3) is 3.37. The van der Waals surface area contributed by atoms with Gasteiger partial charge in [-0.05, 0) is 24.3 Å². The molecule has 0 spiro atoms. The predicted octanol–water partition coefficient (Wildman–Crippen LogP) is 2.97. The van der Waals surface area contributed by atoms with Crippen LogP contribution in [0.3, 0.4) is 0 Å². The molecule has 0 unspecified atom stereocenters. The lowest BCUT2D eigenvalue weighted by molar-refractivity contribution is 0.0918. The largest absolute Gasteiger partial charge is 0.496 e. The van der Waals surface area contributed by atoms with E-state index in [0.717, 1.165) is 6.07 Å². The zero-order chi connectivity index (χ0) is 15.2. The number of rotatable bonds is 5. The van der Waals surface area contributed by atoms with Gasteiger partial charge in [0.05, 0.1) is 18.2 Å². The summed E-state index contributed by atoms with van der Waals surface area (Å²) in [5.41, 5.74) is 0.326. The standard InChI is InChI=1S/C16H12FNO3/c1-20-16-5-3-2-4-13(16)15(19)10-21-12-7-6-11(9-18)14(17)8-12/h2-8H,10H2,1H3. The number of hydrogen-bond donors (Lipinski definition) is 0. The molecule has 0 radical (unpaired) electrons. The maximum absolute atomic E-state index is 13.4. The van der Waals surface area contributed by atoms with Gasteiger partial charge in [0.2, 0.25) is 5.78 Å². The number of para-hydroxylation sites is 1. The molecular formula is C16H12FNO3. The SMILES string of the molecule is COc1ccccc1C(=O)COc1ccc(C#N)c(F)c1. The van der Waals surface area contributed by atoms with Crippen LogP contribution in [0.2, 0.25) is 0 Å². The van der Waals surface area contributed by atoms with Gasteiger partial charge in [0.1, 0.15) is 23.4 Å². The number of benzene rings is 2. The van der Waals surface area contributed by atoms with Gasteiger partial charge >= 0.3 is 0 Å². The summed E-state index contributed by atoms with van der Waals surface area (Å²) in [6.07, 6.45) is 0. The summed E-state index contributed by atoms with van der Waals surface area (Å²) in [7, 11) is 1.48. The Labute approximate surface area is 121 Å². The zero-order valence-electron chi connectivity index (χ0n) is 11.3. The van der Waals surface area contributed by atoms with Gasteiger partial charge in [-0.2, -0.15) is 5.26 Å². The number of nitrogens with zero attached hydrogens (tertiary/aromatic N) is 1. The fourth-order valence-corrected chi connectivity index (χ4v) is 1.78. The van der Waals surface area contributed by atoms with Crippen molar-refractivity contribution in [2.45, 2.75) is 0 Å². The van der Waals surface area contributed by atoms with E-state index >= 15 is 0 Å². The first-order valence-electron chi connectivity index (χ1n) is 6.14. The summed E-state index contributed by atoms with van der Waals surface area (Å²) in [5.74, 6) is -0.316. The maximum Gasteiger partial charge on any atom is 0.203 e. The van der Waals surface area contributed by atoms with Crippen LogP contribution >= 0.6 is 0 Å². The van der Waals surface area contributed by atoms with E-state index in [1.807, 2.05) is 0 Å². The third-order valence-electron chi connectivity index (χ3n) is 2.84. The molecule has 0 saturated carbocycles. The minimum absolute atomic E-state index is 0.0709. The number of halogens is 1. The van der Waals surface area contributed by atoms with Gasteiger partial charge in [0.25, 0.3) is 0 Å². The van der Waals surface area contributed by atoms with Crippen LogP contribution in [0.5, 0.6) is 11.5 Å². The number of carbonyl (C=O) groups excluding carboxylic acids is 1. The summed E-state index contributed by atoms with van der Waals surface area (Å²) < 4.78 is 23.8. The summed E-state index contributed by atoms with van der Waals surface area (Å²) in [4.78, 5) is 12.1. The molecule has 2 aromatic carbocycles. The van der Waals surface area contributed by atoms with Crippen LogP contribution in [0, 0.1) is 17.1 Å². The van der Waals surface area contributed by atoms with E-state index in [9.17, 15) is 9.18 Å². The van der Waals surface area contributed by atoms with Crippen molar-refractivity contribution in [3.05, 3.63) is 59.4 Å². The van der Waals surface area contributed by atoms with E-state index in [2.05, 4.69) is 0 Å². The predicted molar refractivity (Wildman–Crippen MR) is 73.9 cm³/mol. The Morgan fingerprint density at radius 2 is 2.05 bits per heavy atom. The van der Waals surface area contributed by atoms with E-state index in [1.54, 1.807) is 30.3 Å². The van der Waals surface area contributed by atoms with Crippen molar-refractivity contribution in [1.29, 1.82) is 5.26 Å². The molecule has 0 N–H and O–H groups in total.